The maximum Gasteiger partial charge on any atom is 0.308 e. The van der Waals surface area contributed by atoms with Crippen molar-refractivity contribution in [3.8, 4) is 0 Å². The molecule has 0 heterocycles. The molecule has 1 atom stereocenters. The Hall–Kier alpha value is -2.79. The third-order valence-electron chi connectivity index (χ3n) is 4.53. The van der Waals surface area contributed by atoms with Crippen molar-refractivity contribution in [1.29, 1.82) is 0 Å². The number of non-ortho nitro benzene ring substituents is 1. The fourth-order valence-electron chi connectivity index (χ4n) is 2.77. The lowest BCUT2D eigenvalue weighted by Crippen LogP contribution is -2.20. The van der Waals surface area contributed by atoms with Crippen LogP contribution < -0.4 is 5.32 Å². The molecule has 1 aromatic carbocycles. The molecule has 0 saturated heterocycles. The number of ether oxygens (including phenoxy) is 3. The van der Waals surface area contributed by atoms with Gasteiger partial charge in [-0.3, -0.25) is 25.0 Å². The van der Waals surface area contributed by atoms with Crippen molar-refractivity contribution in [2.45, 2.75) is 39.5 Å². The van der Waals surface area contributed by atoms with Crippen LogP contribution in [0.15, 0.2) is 18.2 Å². The van der Waals surface area contributed by atoms with E-state index in [-0.39, 0.29) is 55.3 Å². The lowest BCUT2D eigenvalue weighted by Gasteiger charge is -2.13. The number of rotatable bonds is 17. The number of nitrogens with zero attached hydrogens (tertiary/aromatic N) is 2. The van der Waals surface area contributed by atoms with E-state index in [2.05, 4.69) is 12.2 Å². The van der Waals surface area contributed by atoms with Crippen LogP contribution in [0.5, 0.6) is 0 Å². The van der Waals surface area contributed by atoms with Crippen molar-refractivity contribution < 1.29 is 28.9 Å². The number of carbonyl (C=O) groups is 1. The molecule has 0 bridgehead atoms. The summed E-state index contributed by atoms with van der Waals surface area (Å²) in [6, 6.07) is 3.41. The number of carbonyl (C=O) groups excluding carboxylic acids is 1. The van der Waals surface area contributed by atoms with Crippen LogP contribution in [0.2, 0.25) is 0 Å². The molecular weight excluding hydrogens is 410 g/mol. The van der Waals surface area contributed by atoms with Crippen molar-refractivity contribution >= 4 is 23.0 Å². The fraction of sp³-hybridized carbons (Fsp3) is 0.650. The zero-order valence-corrected chi connectivity index (χ0v) is 18.0. The normalized spacial score (nSPS) is 11.7. The summed E-state index contributed by atoms with van der Waals surface area (Å²) in [4.78, 5) is 32.4. The van der Waals surface area contributed by atoms with Gasteiger partial charge in [0.05, 0.1) is 48.3 Å². The minimum absolute atomic E-state index is 0.0534. The summed E-state index contributed by atoms with van der Waals surface area (Å²) in [6.45, 7) is 5.73. The molecule has 0 spiro atoms. The van der Waals surface area contributed by atoms with Gasteiger partial charge in [-0.05, 0) is 18.9 Å². The van der Waals surface area contributed by atoms with Crippen molar-refractivity contribution in [3.05, 3.63) is 38.4 Å². The van der Waals surface area contributed by atoms with Gasteiger partial charge in [-0.25, -0.2) is 0 Å². The predicted molar refractivity (Wildman–Crippen MR) is 114 cm³/mol. The molecule has 1 rings (SSSR count). The van der Waals surface area contributed by atoms with Gasteiger partial charge in [0.2, 0.25) is 0 Å². The molecule has 11 nitrogen and oxygen atoms in total. The maximum absolute atomic E-state index is 11.9. The molecule has 0 amide bonds. The van der Waals surface area contributed by atoms with Gasteiger partial charge in [0, 0.05) is 12.6 Å². The first kappa shape index (κ1) is 26.2. The Morgan fingerprint density at radius 3 is 2.32 bits per heavy atom. The van der Waals surface area contributed by atoms with Crippen LogP contribution in [-0.4, -0.2) is 55.4 Å². The summed E-state index contributed by atoms with van der Waals surface area (Å²) in [5, 5.41) is 24.6. The third kappa shape index (κ3) is 10.2. The first-order valence-corrected chi connectivity index (χ1v) is 10.4. The average molecular weight is 441 g/mol. The van der Waals surface area contributed by atoms with E-state index in [0.717, 1.165) is 31.7 Å². The number of nitro groups is 2. The number of hydrogen-bond acceptors (Lipinski definition) is 9. The molecule has 0 radical (unpaired) electrons. The van der Waals surface area contributed by atoms with E-state index in [1.807, 2.05) is 6.92 Å². The Balaban J connectivity index is 2.15. The number of unbranched alkanes of at least 4 members (excludes halogenated alkanes) is 1. The average Bonchev–Trinajstić information content (AvgIpc) is 2.75. The van der Waals surface area contributed by atoms with Crippen LogP contribution in [0.4, 0.5) is 17.1 Å². The van der Waals surface area contributed by atoms with E-state index in [4.69, 9.17) is 14.2 Å². The molecule has 1 unspecified atom stereocenters. The number of nitro benzene ring substituents is 2. The number of benzene rings is 1. The molecule has 0 fully saturated rings. The van der Waals surface area contributed by atoms with Gasteiger partial charge in [-0.1, -0.05) is 26.7 Å². The molecule has 31 heavy (non-hydrogen) atoms. The highest BCUT2D eigenvalue weighted by Crippen LogP contribution is 2.28. The van der Waals surface area contributed by atoms with E-state index in [0.29, 0.717) is 13.2 Å². The molecule has 0 aromatic heterocycles. The SMILES string of the molecule is CCCCC(CC)C(=O)OCCOCCOCCNc1ccc([N+](=O)[O-])cc1[N+](=O)[O-]. The lowest BCUT2D eigenvalue weighted by molar-refractivity contribution is -0.393. The smallest absolute Gasteiger partial charge is 0.308 e. The topological polar surface area (TPSA) is 143 Å². The van der Waals surface area contributed by atoms with E-state index in [1.165, 1.54) is 12.1 Å². The molecule has 0 saturated carbocycles. The summed E-state index contributed by atoms with van der Waals surface area (Å²) in [6.07, 6.45) is 3.67. The number of anilines is 1. The second kappa shape index (κ2) is 15.1. The van der Waals surface area contributed by atoms with Crippen molar-refractivity contribution in [1.82, 2.24) is 0 Å². The molecule has 0 aliphatic heterocycles. The van der Waals surface area contributed by atoms with Crippen LogP contribution in [0.3, 0.4) is 0 Å². The summed E-state index contributed by atoms with van der Waals surface area (Å²) in [7, 11) is 0. The first-order chi connectivity index (χ1) is 14.9. The highest BCUT2D eigenvalue weighted by Gasteiger charge is 2.19. The summed E-state index contributed by atoms with van der Waals surface area (Å²) >= 11 is 0. The Morgan fingerprint density at radius 1 is 1.03 bits per heavy atom. The van der Waals surface area contributed by atoms with E-state index < -0.39 is 9.85 Å². The Morgan fingerprint density at radius 2 is 1.71 bits per heavy atom. The van der Waals surface area contributed by atoms with Crippen molar-refractivity contribution in [3.63, 3.8) is 0 Å². The Kier molecular flexibility index (Phi) is 12.8. The van der Waals surface area contributed by atoms with Gasteiger partial charge in [0.1, 0.15) is 12.3 Å². The van der Waals surface area contributed by atoms with Gasteiger partial charge in [0.25, 0.3) is 11.4 Å². The van der Waals surface area contributed by atoms with Crippen molar-refractivity contribution in [2.75, 3.05) is 44.9 Å². The van der Waals surface area contributed by atoms with Crippen LogP contribution in [0, 0.1) is 26.1 Å². The highest BCUT2D eigenvalue weighted by molar-refractivity contribution is 5.72. The van der Waals surface area contributed by atoms with E-state index in [1.54, 1.807) is 0 Å². The highest BCUT2D eigenvalue weighted by atomic mass is 16.6. The quantitative estimate of drug-likeness (QED) is 0.165. The number of esters is 1. The van der Waals surface area contributed by atoms with Gasteiger partial charge in [-0.15, -0.1) is 0 Å². The van der Waals surface area contributed by atoms with Crippen molar-refractivity contribution in [2.24, 2.45) is 5.92 Å². The molecule has 174 valence electrons. The van der Waals surface area contributed by atoms with Crippen LogP contribution in [0.25, 0.3) is 0 Å². The molecule has 1 N–H and O–H groups in total. The number of nitrogens with one attached hydrogen (secondary N) is 1. The molecule has 1 aromatic rings. The molecular formula is C20H31N3O8. The van der Waals surface area contributed by atoms with Gasteiger partial charge in [0.15, 0.2) is 0 Å². The summed E-state index contributed by atoms with van der Waals surface area (Å²) in [5.41, 5.74) is -0.531. The summed E-state index contributed by atoms with van der Waals surface area (Å²) < 4.78 is 16.0. The zero-order chi connectivity index (χ0) is 23.1. The summed E-state index contributed by atoms with van der Waals surface area (Å²) in [5.74, 6) is -0.232. The number of hydrogen-bond donors (Lipinski definition) is 1. The fourth-order valence-corrected chi connectivity index (χ4v) is 2.77. The minimum Gasteiger partial charge on any atom is -0.463 e. The Labute approximate surface area is 181 Å². The molecule has 0 aliphatic carbocycles. The maximum atomic E-state index is 11.9. The van der Waals surface area contributed by atoms with Gasteiger partial charge in [-0.2, -0.15) is 0 Å². The van der Waals surface area contributed by atoms with Gasteiger partial charge >= 0.3 is 5.97 Å². The van der Waals surface area contributed by atoms with E-state index >= 15 is 0 Å². The van der Waals surface area contributed by atoms with Crippen LogP contribution in [0.1, 0.15) is 39.5 Å². The standard InChI is InChI=1S/C20H31N3O8/c1-3-5-6-16(4-2)20(24)31-14-13-30-12-11-29-10-9-21-18-8-7-17(22(25)26)15-19(18)23(27)28/h7-8,15-16,21H,3-6,9-14H2,1-2H3. The van der Waals surface area contributed by atoms with Crippen LogP contribution in [-0.2, 0) is 19.0 Å². The third-order valence-corrected chi connectivity index (χ3v) is 4.53. The minimum atomic E-state index is -0.685. The van der Waals surface area contributed by atoms with Gasteiger partial charge < -0.3 is 19.5 Å². The van der Waals surface area contributed by atoms with E-state index in [9.17, 15) is 25.0 Å². The first-order valence-electron chi connectivity index (χ1n) is 10.4. The van der Waals surface area contributed by atoms with Crippen LogP contribution >= 0.6 is 0 Å². The lowest BCUT2D eigenvalue weighted by atomic mass is 10.00. The second-order valence-electron chi connectivity index (χ2n) is 6.78. The Bertz CT molecular complexity index is 714. The molecule has 11 heteroatoms. The zero-order valence-electron chi connectivity index (χ0n) is 18.0. The predicted octanol–water partition coefficient (Wildman–Crippen LogP) is 3.71. The largest absolute Gasteiger partial charge is 0.463 e. The second-order valence-corrected chi connectivity index (χ2v) is 6.78. The monoisotopic (exact) mass is 441 g/mol. The molecule has 0 aliphatic rings.